The van der Waals surface area contributed by atoms with Crippen LogP contribution in [0, 0.1) is 0 Å². The molecule has 0 heterocycles. The Hall–Kier alpha value is -1.39. The molecule has 1 aromatic carbocycles. The highest BCUT2D eigenvalue weighted by molar-refractivity contribution is 5.94. The lowest BCUT2D eigenvalue weighted by molar-refractivity contribution is 0.0767. The predicted octanol–water partition coefficient (Wildman–Crippen LogP) is 1.98. The molecule has 0 fully saturated rings. The van der Waals surface area contributed by atoms with Gasteiger partial charge in [0.1, 0.15) is 0 Å². The molecular weight excluding hydrogens is 252 g/mol. The van der Waals surface area contributed by atoms with Gasteiger partial charge in [-0.25, -0.2) is 0 Å². The number of carbonyl (C=O) groups excluding carboxylic acids is 1. The van der Waals surface area contributed by atoms with Crippen molar-refractivity contribution in [3.05, 3.63) is 35.4 Å². The standard InChI is InChI=1S/C16H26N2O2/c1-5-18(13(2)3)12-14-6-8-15(9-7-14)16(20)17(4)10-11-19/h6-9,13,19H,5,10-12H2,1-4H3. The Labute approximate surface area is 122 Å². The number of rotatable bonds is 7. The number of nitrogens with zero attached hydrogens (tertiary/aromatic N) is 2. The van der Waals surface area contributed by atoms with Crippen LogP contribution in [0.5, 0.6) is 0 Å². The van der Waals surface area contributed by atoms with E-state index in [0.717, 1.165) is 13.1 Å². The molecule has 0 aromatic heterocycles. The van der Waals surface area contributed by atoms with Gasteiger partial charge in [0.15, 0.2) is 0 Å². The molecule has 4 heteroatoms. The molecule has 1 aromatic rings. The van der Waals surface area contributed by atoms with E-state index in [9.17, 15) is 4.79 Å². The van der Waals surface area contributed by atoms with Crippen LogP contribution < -0.4 is 0 Å². The lowest BCUT2D eigenvalue weighted by Gasteiger charge is -2.24. The van der Waals surface area contributed by atoms with Gasteiger partial charge in [-0.2, -0.15) is 0 Å². The van der Waals surface area contributed by atoms with Crippen molar-refractivity contribution in [2.75, 3.05) is 26.7 Å². The Bertz CT molecular complexity index is 415. The number of hydrogen-bond donors (Lipinski definition) is 1. The Morgan fingerprint density at radius 2 is 1.85 bits per heavy atom. The zero-order valence-electron chi connectivity index (χ0n) is 13.0. The minimum Gasteiger partial charge on any atom is -0.395 e. The van der Waals surface area contributed by atoms with Gasteiger partial charge in [0.2, 0.25) is 0 Å². The Morgan fingerprint density at radius 1 is 1.25 bits per heavy atom. The monoisotopic (exact) mass is 278 g/mol. The first-order chi connectivity index (χ1) is 9.49. The third-order valence-electron chi connectivity index (χ3n) is 3.51. The highest BCUT2D eigenvalue weighted by Gasteiger charge is 2.12. The van der Waals surface area contributed by atoms with Crippen molar-refractivity contribution < 1.29 is 9.90 Å². The molecule has 1 amide bonds. The third kappa shape index (κ3) is 4.62. The molecule has 0 saturated heterocycles. The molecule has 20 heavy (non-hydrogen) atoms. The first-order valence-electron chi connectivity index (χ1n) is 7.18. The summed E-state index contributed by atoms with van der Waals surface area (Å²) in [6, 6.07) is 8.24. The van der Waals surface area contributed by atoms with Crippen LogP contribution in [0.1, 0.15) is 36.7 Å². The van der Waals surface area contributed by atoms with Crippen LogP contribution in [-0.2, 0) is 6.54 Å². The minimum absolute atomic E-state index is 0.0137. The Morgan fingerprint density at radius 3 is 2.30 bits per heavy atom. The highest BCUT2D eigenvalue weighted by Crippen LogP contribution is 2.11. The molecule has 0 radical (unpaired) electrons. The molecule has 1 rings (SSSR count). The minimum atomic E-state index is -0.0539. The van der Waals surface area contributed by atoms with E-state index in [-0.39, 0.29) is 12.5 Å². The summed E-state index contributed by atoms with van der Waals surface area (Å²) in [5.74, 6) is -0.0539. The molecule has 0 aliphatic heterocycles. The van der Waals surface area contributed by atoms with Crippen molar-refractivity contribution in [2.45, 2.75) is 33.4 Å². The molecular formula is C16H26N2O2. The SMILES string of the molecule is CCN(Cc1ccc(C(=O)N(C)CCO)cc1)C(C)C. The summed E-state index contributed by atoms with van der Waals surface area (Å²) in [5.41, 5.74) is 1.87. The zero-order chi connectivity index (χ0) is 15.1. The normalized spacial score (nSPS) is 11.2. The lowest BCUT2D eigenvalue weighted by Crippen LogP contribution is -2.30. The van der Waals surface area contributed by atoms with E-state index in [1.807, 2.05) is 24.3 Å². The second-order valence-electron chi connectivity index (χ2n) is 5.30. The van der Waals surface area contributed by atoms with Crippen molar-refractivity contribution in [1.82, 2.24) is 9.80 Å². The molecule has 0 aliphatic rings. The van der Waals surface area contributed by atoms with Gasteiger partial charge in [-0.3, -0.25) is 9.69 Å². The van der Waals surface area contributed by atoms with Gasteiger partial charge >= 0.3 is 0 Å². The quantitative estimate of drug-likeness (QED) is 0.829. The number of hydrogen-bond acceptors (Lipinski definition) is 3. The van der Waals surface area contributed by atoms with E-state index in [1.165, 1.54) is 10.5 Å². The Kier molecular flexibility index (Phi) is 6.68. The summed E-state index contributed by atoms with van der Waals surface area (Å²) in [5, 5.41) is 8.86. The van der Waals surface area contributed by atoms with Crippen molar-refractivity contribution in [1.29, 1.82) is 0 Å². The maximum atomic E-state index is 12.0. The van der Waals surface area contributed by atoms with Crippen LogP contribution in [0.4, 0.5) is 0 Å². The van der Waals surface area contributed by atoms with Crippen molar-refractivity contribution >= 4 is 5.91 Å². The van der Waals surface area contributed by atoms with E-state index < -0.39 is 0 Å². The molecule has 0 aliphatic carbocycles. The molecule has 1 N–H and O–H groups in total. The summed E-state index contributed by atoms with van der Waals surface area (Å²) in [4.78, 5) is 15.9. The molecule has 0 atom stereocenters. The van der Waals surface area contributed by atoms with Crippen LogP contribution in [0.2, 0.25) is 0 Å². The number of aliphatic hydroxyl groups excluding tert-OH is 1. The van der Waals surface area contributed by atoms with Gasteiger partial charge in [0.25, 0.3) is 5.91 Å². The van der Waals surface area contributed by atoms with Crippen LogP contribution >= 0.6 is 0 Å². The largest absolute Gasteiger partial charge is 0.395 e. The molecule has 0 spiro atoms. The fraction of sp³-hybridized carbons (Fsp3) is 0.562. The number of likely N-dealkylation sites (N-methyl/N-ethyl adjacent to an activating group) is 1. The second kappa shape index (κ2) is 8.02. The summed E-state index contributed by atoms with van der Waals surface area (Å²) >= 11 is 0. The van der Waals surface area contributed by atoms with Gasteiger partial charge in [-0.1, -0.05) is 19.1 Å². The fourth-order valence-electron chi connectivity index (χ4n) is 2.12. The molecule has 112 valence electrons. The Balaban J connectivity index is 2.71. The summed E-state index contributed by atoms with van der Waals surface area (Å²) in [6.45, 7) is 8.78. The van der Waals surface area contributed by atoms with E-state index in [0.29, 0.717) is 18.2 Å². The second-order valence-corrected chi connectivity index (χ2v) is 5.30. The average molecular weight is 278 g/mol. The lowest BCUT2D eigenvalue weighted by atomic mass is 10.1. The number of carbonyl (C=O) groups is 1. The topological polar surface area (TPSA) is 43.8 Å². The van der Waals surface area contributed by atoms with Gasteiger partial charge in [0, 0.05) is 31.7 Å². The molecule has 4 nitrogen and oxygen atoms in total. The number of amides is 1. The van der Waals surface area contributed by atoms with Crippen molar-refractivity contribution in [3.8, 4) is 0 Å². The summed E-state index contributed by atoms with van der Waals surface area (Å²) < 4.78 is 0. The zero-order valence-corrected chi connectivity index (χ0v) is 13.0. The summed E-state index contributed by atoms with van der Waals surface area (Å²) in [7, 11) is 1.70. The maximum Gasteiger partial charge on any atom is 0.253 e. The van der Waals surface area contributed by atoms with Crippen LogP contribution in [0.25, 0.3) is 0 Å². The smallest absolute Gasteiger partial charge is 0.253 e. The highest BCUT2D eigenvalue weighted by atomic mass is 16.3. The molecule has 0 bridgehead atoms. The predicted molar refractivity (Wildman–Crippen MR) is 81.7 cm³/mol. The van der Waals surface area contributed by atoms with Crippen LogP contribution in [0.15, 0.2) is 24.3 Å². The average Bonchev–Trinajstić information content (AvgIpc) is 2.44. The number of aliphatic hydroxyl groups is 1. The van der Waals surface area contributed by atoms with Crippen molar-refractivity contribution in [3.63, 3.8) is 0 Å². The van der Waals surface area contributed by atoms with E-state index in [2.05, 4.69) is 25.7 Å². The van der Waals surface area contributed by atoms with E-state index >= 15 is 0 Å². The van der Waals surface area contributed by atoms with E-state index in [4.69, 9.17) is 5.11 Å². The van der Waals surface area contributed by atoms with Gasteiger partial charge in [0.05, 0.1) is 6.61 Å². The van der Waals surface area contributed by atoms with Gasteiger partial charge in [-0.15, -0.1) is 0 Å². The van der Waals surface area contributed by atoms with E-state index in [1.54, 1.807) is 7.05 Å². The fourth-order valence-corrected chi connectivity index (χ4v) is 2.12. The van der Waals surface area contributed by atoms with Crippen LogP contribution in [-0.4, -0.2) is 53.6 Å². The maximum absolute atomic E-state index is 12.0. The van der Waals surface area contributed by atoms with Gasteiger partial charge in [-0.05, 0) is 38.1 Å². The first-order valence-corrected chi connectivity index (χ1v) is 7.18. The van der Waals surface area contributed by atoms with Crippen LogP contribution in [0.3, 0.4) is 0 Å². The van der Waals surface area contributed by atoms with Crippen molar-refractivity contribution in [2.24, 2.45) is 0 Å². The first kappa shape index (κ1) is 16.7. The summed E-state index contributed by atoms with van der Waals surface area (Å²) in [6.07, 6.45) is 0. The molecule has 0 unspecified atom stereocenters. The third-order valence-corrected chi connectivity index (χ3v) is 3.51. The molecule has 0 saturated carbocycles. The number of benzene rings is 1. The van der Waals surface area contributed by atoms with Gasteiger partial charge < -0.3 is 10.0 Å².